The first-order valence-electron chi connectivity index (χ1n) is 7.62. The Morgan fingerprint density at radius 3 is 2.22 bits per heavy atom. The summed E-state index contributed by atoms with van der Waals surface area (Å²) in [5.41, 5.74) is 3.60. The number of nitrogens with zero attached hydrogens (tertiary/aromatic N) is 1. The SMILES string of the molecule is Cc1ccccc1CNC(C)c1ccc(S(=O)(=O)N(C)C)cc1. The van der Waals surface area contributed by atoms with Gasteiger partial charge in [-0.3, -0.25) is 0 Å². The van der Waals surface area contributed by atoms with Crippen LogP contribution in [0.1, 0.15) is 29.7 Å². The van der Waals surface area contributed by atoms with Gasteiger partial charge in [0.1, 0.15) is 0 Å². The van der Waals surface area contributed by atoms with Crippen LogP contribution in [0.4, 0.5) is 0 Å². The lowest BCUT2D eigenvalue weighted by Gasteiger charge is -2.17. The van der Waals surface area contributed by atoms with Crippen molar-refractivity contribution >= 4 is 10.0 Å². The highest BCUT2D eigenvalue weighted by atomic mass is 32.2. The summed E-state index contributed by atoms with van der Waals surface area (Å²) in [7, 11) is -0.293. The molecule has 0 amide bonds. The fourth-order valence-corrected chi connectivity index (χ4v) is 3.23. The van der Waals surface area contributed by atoms with Crippen LogP contribution in [0.5, 0.6) is 0 Å². The average molecular weight is 332 g/mol. The summed E-state index contributed by atoms with van der Waals surface area (Å²) in [6.07, 6.45) is 0. The maximum Gasteiger partial charge on any atom is 0.242 e. The predicted molar refractivity (Wildman–Crippen MR) is 93.7 cm³/mol. The molecule has 1 N–H and O–H groups in total. The van der Waals surface area contributed by atoms with Crippen molar-refractivity contribution in [2.75, 3.05) is 14.1 Å². The van der Waals surface area contributed by atoms with E-state index in [2.05, 4.69) is 31.3 Å². The molecule has 0 fully saturated rings. The van der Waals surface area contributed by atoms with E-state index in [1.807, 2.05) is 24.3 Å². The van der Waals surface area contributed by atoms with Gasteiger partial charge in [-0.2, -0.15) is 0 Å². The molecule has 0 aliphatic rings. The van der Waals surface area contributed by atoms with Crippen LogP contribution in [0.3, 0.4) is 0 Å². The van der Waals surface area contributed by atoms with Gasteiger partial charge in [-0.05, 0) is 42.7 Å². The molecular formula is C18H24N2O2S. The monoisotopic (exact) mass is 332 g/mol. The molecule has 0 saturated heterocycles. The van der Waals surface area contributed by atoms with Crippen LogP contribution in [-0.2, 0) is 16.6 Å². The molecule has 23 heavy (non-hydrogen) atoms. The van der Waals surface area contributed by atoms with E-state index >= 15 is 0 Å². The largest absolute Gasteiger partial charge is 0.306 e. The lowest BCUT2D eigenvalue weighted by atomic mass is 10.1. The van der Waals surface area contributed by atoms with Gasteiger partial charge < -0.3 is 5.32 Å². The van der Waals surface area contributed by atoms with Crippen molar-refractivity contribution in [2.24, 2.45) is 0 Å². The fraction of sp³-hybridized carbons (Fsp3) is 0.333. The summed E-state index contributed by atoms with van der Waals surface area (Å²) < 4.78 is 25.4. The smallest absolute Gasteiger partial charge is 0.242 e. The van der Waals surface area contributed by atoms with Gasteiger partial charge in [0.2, 0.25) is 10.0 Å². The second-order valence-electron chi connectivity index (χ2n) is 5.89. The molecule has 2 aromatic rings. The standard InChI is InChI=1S/C18H24N2O2S/c1-14-7-5-6-8-17(14)13-19-15(2)16-9-11-18(12-10-16)23(21,22)20(3)4/h5-12,15,19H,13H2,1-4H3. The average Bonchev–Trinajstić information content (AvgIpc) is 2.53. The van der Waals surface area contributed by atoms with E-state index in [1.165, 1.54) is 29.5 Å². The maximum absolute atomic E-state index is 12.1. The molecule has 0 bridgehead atoms. The number of benzene rings is 2. The van der Waals surface area contributed by atoms with Gasteiger partial charge >= 0.3 is 0 Å². The Morgan fingerprint density at radius 1 is 1.04 bits per heavy atom. The first-order valence-corrected chi connectivity index (χ1v) is 9.07. The maximum atomic E-state index is 12.1. The number of hydrogen-bond acceptors (Lipinski definition) is 3. The molecule has 2 rings (SSSR count). The number of aryl methyl sites for hydroxylation is 1. The highest BCUT2D eigenvalue weighted by molar-refractivity contribution is 7.89. The number of sulfonamides is 1. The Labute approximate surface area is 139 Å². The van der Waals surface area contributed by atoms with Gasteiger partial charge in [0.25, 0.3) is 0 Å². The number of hydrogen-bond donors (Lipinski definition) is 1. The summed E-state index contributed by atoms with van der Waals surface area (Å²) in [6.45, 7) is 4.96. The topological polar surface area (TPSA) is 49.4 Å². The number of nitrogens with one attached hydrogen (secondary N) is 1. The zero-order valence-electron chi connectivity index (χ0n) is 14.1. The number of rotatable bonds is 6. The van der Waals surface area contributed by atoms with Crippen molar-refractivity contribution in [1.29, 1.82) is 0 Å². The third-order valence-electron chi connectivity index (χ3n) is 4.02. The Hall–Kier alpha value is -1.69. The van der Waals surface area contributed by atoms with Crippen molar-refractivity contribution in [3.63, 3.8) is 0 Å². The van der Waals surface area contributed by atoms with Crippen LogP contribution in [0, 0.1) is 6.92 Å². The highest BCUT2D eigenvalue weighted by Gasteiger charge is 2.17. The van der Waals surface area contributed by atoms with Gasteiger partial charge in [0, 0.05) is 26.7 Å². The van der Waals surface area contributed by atoms with Crippen LogP contribution in [-0.4, -0.2) is 26.8 Å². The first-order chi connectivity index (χ1) is 10.8. The van der Waals surface area contributed by atoms with Gasteiger partial charge in [-0.15, -0.1) is 0 Å². The summed E-state index contributed by atoms with van der Waals surface area (Å²) in [6, 6.07) is 15.5. The van der Waals surface area contributed by atoms with Gasteiger partial charge in [0.05, 0.1) is 4.90 Å². The molecule has 0 aliphatic carbocycles. The second-order valence-corrected chi connectivity index (χ2v) is 8.04. The Bertz CT molecular complexity index is 753. The second kappa shape index (κ2) is 7.25. The van der Waals surface area contributed by atoms with E-state index in [9.17, 15) is 8.42 Å². The molecule has 0 saturated carbocycles. The first kappa shape index (κ1) is 17.7. The summed E-state index contributed by atoms with van der Waals surface area (Å²) >= 11 is 0. The minimum absolute atomic E-state index is 0.144. The zero-order chi connectivity index (χ0) is 17.0. The Kier molecular flexibility index (Phi) is 5.57. The van der Waals surface area contributed by atoms with Crippen LogP contribution in [0.2, 0.25) is 0 Å². The molecule has 1 unspecified atom stereocenters. The van der Waals surface area contributed by atoms with E-state index < -0.39 is 10.0 Å². The lowest BCUT2D eigenvalue weighted by molar-refractivity contribution is 0.520. The van der Waals surface area contributed by atoms with Gasteiger partial charge in [-0.25, -0.2) is 12.7 Å². The van der Waals surface area contributed by atoms with Crippen LogP contribution >= 0.6 is 0 Å². The van der Waals surface area contributed by atoms with Crippen LogP contribution in [0.15, 0.2) is 53.4 Å². The van der Waals surface area contributed by atoms with Crippen LogP contribution < -0.4 is 5.32 Å². The molecule has 2 aromatic carbocycles. The molecule has 0 aliphatic heterocycles. The highest BCUT2D eigenvalue weighted by Crippen LogP contribution is 2.19. The molecule has 0 aromatic heterocycles. The molecule has 0 heterocycles. The van der Waals surface area contributed by atoms with E-state index in [0.717, 1.165) is 12.1 Å². The third kappa shape index (κ3) is 4.19. The van der Waals surface area contributed by atoms with E-state index in [4.69, 9.17) is 0 Å². The normalized spacial score (nSPS) is 13.3. The minimum Gasteiger partial charge on any atom is -0.306 e. The molecular weight excluding hydrogens is 308 g/mol. The summed E-state index contributed by atoms with van der Waals surface area (Å²) in [5.74, 6) is 0. The third-order valence-corrected chi connectivity index (χ3v) is 5.85. The van der Waals surface area contributed by atoms with Crippen LogP contribution in [0.25, 0.3) is 0 Å². The molecule has 4 nitrogen and oxygen atoms in total. The lowest BCUT2D eigenvalue weighted by Crippen LogP contribution is -2.22. The Morgan fingerprint density at radius 2 is 1.65 bits per heavy atom. The fourth-order valence-electron chi connectivity index (χ4n) is 2.33. The van der Waals surface area contributed by atoms with Crippen molar-refractivity contribution in [1.82, 2.24) is 9.62 Å². The van der Waals surface area contributed by atoms with Crippen molar-refractivity contribution in [3.05, 3.63) is 65.2 Å². The van der Waals surface area contributed by atoms with Gasteiger partial charge in [0.15, 0.2) is 0 Å². The van der Waals surface area contributed by atoms with Gasteiger partial charge in [-0.1, -0.05) is 36.4 Å². The molecule has 1 atom stereocenters. The summed E-state index contributed by atoms with van der Waals surface area (Å²) in [4.78, 5) is 0.317. The summed E-state index contributed by atoms with van der Waals surface area (Å²) in [5, 5.41) is 3.48. The van der Waals surface area contributed by atoms with E-state index in [-0.39, 0.29) is 6.04 Å². The zero-order valence-corrected chi connectivity index (χ0v) is 14.9. The molecule has 0 spiro atoms. The van der Waals surface area contributed by atoms with E-state index in [0.29, 0.717) is 4.90 Å². The van der Waals surface area contributed by atoms with Crippen molar-refractivity contribution in [2.45, 2.75) is 31.3 Å². The van der Waals surface area contributed by atoms with Crippen molar-refractivity contribution in [3.8, 4) is 0 Å². The predicted octanol–water partition coefficient (Wildman–Crippen LogP) is 3.10. The molecule has 124 valence electrons. The molecule has 5 heteroatoms. The quantitative estimate of drug-likeness (QED) is 0.884. The molecule has 0 radical (unpaired) electrons. The Balaban J connectivity index is 2.06. The van der Waals surface area contributed by atoms with E-state index in [1.54, 1.807) is 12.1 Å². The van der Waals surface area contributed by atoms with Crippen molar-refractivity contribution < 1.29 is 8.42 Å². The minimum atomic E-state index is -3.37.